The van der Waals surface area contributed by atoms with Crippen LogP contribution in [0.25, 0.3) is 11.4 Å². The van der Waals surface area contributed by atoms with Crippen molar-refractivity contribution in [2.24, 2.45) is 0 Å². The predicted octanol–water partition coefficient (Wildman–Crippen LogP) is 2.40. The maximum absolute atomic E-state index is 13.0. The van der Waals surface area contributed by atoms with Crippen molar-refractivity contribution in [3.8, 4) is 11.4 Å². The molecule has 8 nitrogen and oxygen atoms in total. The second-order valence-corrected chi connectivity index (χ2v) is 6.74. The van der Waals surface area contributed by atoms with E-state index in [2.05, 4.69) is 15.4 Å². The van der Waals surface area contributed by atoms with Crippen LogP contribution in [0, 0.1) is 0 Å². The number of aromatic nitrogens is 4. The highest BCUT2D eigenvalue weighted by atomic mass is 32.2. The smallest absolute Gasteiger partial charge is 0.395 e. The van der Waals surface area contributed by atoms with Crippen LogP contribution < -0.4 is 4.72 Å². The van der Waals surface area contributed by atoms with Crippen molar-refractivity contribution >= 4 is 15.7 Å². The van der Waals surface area contributed by atoms with Gasteiger partial charge < -0.3 is 5.21 Å². The van der Waals surface area contributed by atoms with Gasteiger partial charge in [-0.05, 0) is 29.5 Å². The summed E-state index contributed by atoms with van der Waals surface area (Å²) in [5.74, 6) is -0.0553. The molecule has 2 aromatic carbocycles. The second-order valence-electron chi connectivity index (χ2n) is 5.06. The Kier molecular flexibility index (Phi) is 4.28. The van der Waals surface area contributed by atoms with Gasteiger partial charge in [0.05, 0.1) is 16.1 Å². The van der Waals surface area contributed by atoms with E-state index < -0.39 is 27.5 Å². The number of rotatable bonds is 4. The van der Waals surface area contributed by atoms with Crippen molar-refractivity contribution in [3.63, 3.8) is 0 Å². The third-order valence-electron chi connectivity index (χ3n) is 3.28. The average Bonchev–Trinajstić information content (AvgIpc) is 3.01. The summed E-state index contributed by atoms with van der Waals surface area (Å²) in [5.41, 5.74) is -1.49. The van der Waals surface area contributed by atoms with Gasteiger partial charge in [0.25, 0.3) is 10.0 Å². The number of tetrazole rings is 1. The molecule has 1 aromatic heterocycles. The lowest BCUT2D eigenvalue weighted by Crippen LogP contribution is -2.17. The van der Waals surface area contributed by atoms with E-state index in [9.17, 15) is 21.6 Å². The Balaban J connectivity index is 1.98. The SMILES string of the molecule is O=S(=O)(Nc1ccccc1C(F)(F)F)c1cccc(-c2nnn(O)n2)c1. The van der Waals surface area contributed by atoms with Crippen LogP contribution in [0.1, 0.15) is 5.56 Å². The third kappa shape index (κ3) is 3.59. The molecule has 0 amide bonds. The summed E-state index contributed by atoms with van der Waals surface area (Å²) in [6.45, 7) is 0. The van der Waals surface area contributed by atoms with Crippen LogP contribution in [0.4, 0.5) is 18.9 Å². The van der Waals surface area contributed by atoms with Crippen LogP contribution in [0.5, 0.6) is 0 Å². The molecule has 0 bridgehead atoms. The van der Waals surface area contributed by atoms with Gasteiger partial charge in [-0.1, -0.05) is 29.4 Å². The van der Waals surface area contributed by atoms with E-state index in [1.807, 2.05) is 4.72 Å². The lowest BCUT2D eigenvalue weighted by Gasteiger charge is -2.14. The lowest BCUT2D eigenvalue weighted by molar-refractivity contribution is -0.136. The molecule has 0 aliphatic heterocycles. The first kappa shape index (κ1) is 17.7. The van der Waals surface area contributed by atoms with Gasteiger partial charge in [0, 0.05) is 10.5 Å². The van der Waals surface area contributed by atoms with E-state index in [1.165, 1.54) is 24.3 Å². The molecule has 1 heterocycles. The van der Waals surface area contributed by atoms with Crippen LogP contribution in [0.2, 0.25) is 0 Å². The molecule has 2 N–H and O–H groups in total. The number of nitrogens with zero attached hydrogens (tertiary/aromatic N) is 4. The number of nitrogens with one attached hydrogen (secondary N) is 1. The molecule has 12 heteroatoms. The number of sulfonamides is 1. The molecule has 0 saturated heterocycles. The monoisotopic (exact) mass is 385 g/mol. The van der Waals surface area contributed by atoms with Crippen molar-refractivity contribution in [2.75, 3.05) is 4.72 Å². The van der Waals surface area contributed by atoms with Gasteiger partial charge in [0.2, 0.25) is 5.82 Å². The van der Waals surface area contributed by atoms with Crippen molar-refractivity contribution < 1.29 is 26.8 Å². The van der Waals surface area contributed by atoms with E-state index >= 15 is 0 Å². The molecule has 0 fully saturated rings. The highest BCUT2D eigenvalue weighted by Crippen LogP contribution is 2.35. The highest BCUT2D eigenvalue weighted by Gasteiger charge is 2.34. The van der Waals surface area contributed by atoms with E-state index in [1.54, 1.807) is 0 Å². The Hall–Kier alpha value is -3.15. The number of hydrogen-bond acceptors (Lipinski definition) is 6. The summed E-state index contributed by atoms with van der Waals surface area (Å²) in [7, 11) is -4.32. The average molecular weight is 385 g/mol. The molecule has 3 rings (SSSR count). The Morgan fingerprint density at radius 3 is 2.46 bits per heavy atom. The third-order valence-corrected chi connectivity index (χ3v) is 4.65. The molecule has 26 heavy (non-hydrogen) atoms. The first-order valence-electron chi connectivity index (χ1n) is 6.95. The number of alkyl halides is 3. The number of anilines is 1. The number of hydrogen-bond donors (Lipinski definition) is 2. The second kappa shape index (κ2) is 6.29. The largest absolute Gasteiger partial charge is 0.418 e. The quantitative estimate of drug-likeness (QED) is 0.668. The molecule has 0 aliphatic carbocycles. The van der Waals surface area contributed by atoms with Gasteiger partial charge >= 0.3 is 6.18 Å². The van der Waals surface area contributed by atoms with Crippen molar-refractivity contribution in [1.29, 1.82) is 0 Å². The van der Waals surface area contributed by atoms with Crippen LogP contribution in [0.15, 0.2) is 53.4 Å². The Morgan fingerprint density at radius 1 is 1.08 bits per heavy atom. The molecule has 0 spiro atoms. The Morgan fingerprint density at radius 2 is 1.81 bits per heavy atom. The van der Waals surface area contributed by atoms with Gasteiger partial charge in [0.15, 0.2) is 0 Å². The normalized spacial score (nSPS) is 12.1. The van der Waals surface area contributed by atoms with Crippen LogP contribution >= 0.6 is 0 Å². The summed E-state index contributed by atoms with van der Waals surface area (Å²) >= 11 is 0. The van der Waals surface area contributed by atoms with E-state index in [4.69, 9.17) is 5.21 Å². The molecule has 0 aliphatic rings. The topological polar surface area (TPSA) is 110 Å². The number of benzene rings is 2. The molecule has 3 aromatic rings. The van der Waals surface area contributed by atoms with Gasteiger partial charge in [-0.3, -0.25) is 4.72 Å². The molecular weight excluding hydrogens is 375 g/mol. The molecular formula is C14H10F3N5O3S. The van der Waals surface area contributed by atoms with Gasteiger partial charge in [-0.2, -0.15) is 13.2 Å². The minimum atomic E-state index is -4.72. The fourth-order valence-electron chi connectivity index (χ4n) is 2.15. The minimum absolute atomic E-state index is 0.0553. The van der Waals surface area contributed by atoms with Crippen LogP contribution in [0.3, 0.4) is 0 Å². The van der Waals surface area contributed by atoms with Crippen molar-refractivity contribution in [3.05, 3.63) is 54.1 Å². The summed E-state index contributed by atoms with van der Waals surface area (Å²) in [5, 5.41) is 19.3. The zero-order chi connectivity index (χ0) is 18.9. The molecule has 0 saturated carbocycles. The fraction of sp³-hybridized carbons (Fsp3) is 0.0714. The zero-order valence-electron chi connectivity index (χ0n) is 12.7. The summed E-state index contributed by atoms with van der Waals surface area (Å²) in [4.78, 5) is -0.102. The standard InChI is InChI=1S/C14H10F3N5O3S/c15-14(16,17)11-6-1-2-7-12(11)20-26(24,25)10-5-3-4-9(8-10)13-18-21-22(23)19-13/h1-8,20,23H. The highest BCUT2D eigenvalue weighted by molar-refractivity contribution is 7.92. The summed E-state index contributed by atoms with van der Waals surface area (Å²) in [6, 6.07) is 9.40. The maximum Gasteiger partial charge on any atom is 0.418 e. The minimum Gasteiger partial charge on any atom is -0.395 e. The van der Waals surface area contributed by atoms with Crippen molar-refractivity contribution in [1.82, 2.24) is 20.4 Å². The van der Waals surface area contributed by atoms with E-state index in [-0.39, 0.29) is 21.2 Å². The summed E-state index contributed by atoms with van der Waals surface area (Å²) in [6.07, 6.45) is -4.72. The molecule has 0 unspecified atom stereocenters. The van der Waals surface area contributed by atoms with Gasteiger partial charge in [-0.15, -0.1) is 5.10 Å². The Bertz CT molecular complexity index is 1050. The number of para-hydroxylation sites is 1. The number of halogens is 3. The predicted molar refractivity (Wildman–Crippen MR) is 82.7 cm³/mol. The van der Waals surface area contributed by atoms with Crippen molar-refractivity contribution in [2.45, 2.75) is 11.1 Å². The molecule has 0 atom stereocenters. The van der Waals surface area contributed by atoms with E-state index in [0.29, 0.717) is 0 Å². The van der Waals surface area contributed by atoms with E-state index in [0.717, 1.165) is 24.3 Å². The maximum atomic E-state index is 13.0. The van der Waals surface area contributed by atoms with Crippen LogP contribution in [-0.2, 0) is 16.2 Å². The first-order valence-corrected chi connectivity index (χ1v) is 8.44. The Labute approximate surface area is 144 Å². The fourth-order valence-corrected chi connectivity index (χ4v) is 3.27. The van der Waals surface area contributed by atoms with Crippen LogP contribution in [-0.4, -0.2) is 34.0 Å². The molecule has 136 valence electrons. The molecule has 0 radical (unpaired) electrons. The zero-order valence-corrected chi connectivity index (χ0v) is 13.5. The lowest BCUT2D eigenvalue weighted by atomic mass is 10.2. The summed E-state index contributed by atoms with van der Waals surface area (Å²) < 4.78 is 66.0. The van der Waals surface area contributed by atoms with Gasteiger partial charge in [-0.25, -0.2) is 8.42 Å². The van der Waals surface area contributed by atoms with Gasteiger partial charge in [0.1, 0.15) is 0 Å². The first-order chi connectivity index (χ1) is 12.2.